The Morgan fingerprint density at radius 1 is 1.35 bits per heavy atom. The second-order valence-electron chi connectivity index (χ2n) is 6.04. The summed E-state index contributed by atoms with van der Waals surface area (Å²) in [5, 5.41) is 7.48. The Bertz CT molecular complexity index is 659. The van der Waals surface area contributed by atoms with Crippen molar-refractivity contribution in [2.75, 3.05) is 0 Å². The zero-order chi connectivity index (χ0) is 16.2. The average Bonchev–Trinajstić information content (AvgIpc) is 3.02. The molecular weight excluding hydrogens is 290 g/mol. The van der Waals surface area contributed by atoms with Crippen molar-refractivity contribution in [1.29, 1.82) is 0 Å². The van der Waals surface area contributed by atoms with Crippen molar-refractivity contribution >= 4 is 5.91 Å². The van der Waals surface area contributed by atoms with Crippen molar-refractivity contribution in [3.05, 3.63) is 41.9 Å². The van der Waals surface area contributed by atoms with Crippen LogP contribution in [0.25, 0.3) is 5.82 Å². The van der Waals surface area contributed by atoms with E-state index < -0.39 is 0 Å². The molecule has 0 atom stereocenters. The van der Waals surface area contributed by atoms with E-state index in [0.717, 1.165) is 43.6 Å². The fourth-order valence-electron chi connectivity index (χ4n) is 3.11. The number of amides is 1. The molecular formula is C17H23N5O. The summed E-state index contributed by atoms with van der Waals surface area (Å²) in [6, 6.07) is 6.15. The van der Waals surface area contributed by atoms with E-state index in [9.17, 15) is 4.79 Å². The van der Waals surface area contributed by atoms with Gasteiger partial charge in [0, 0.05) is 18.3 Å². The molecule has 0 radical (unpaired) electrons. The lowest BCUT2D eigenvalue weighted by Crippen LogP contribution is -2.40. The topological polar surface area (TPSA) is 85.8 Å². The number of carbonyl (C=O) groups excluding carboxylic acids is 1. The minimum absolute atomic E-state index is 0.0514. The molecule has 23 heavy (non-hydrogen) atoms. The normalized spacial score (nSPS) is 21.1. The van der Waals surface area contributed by atoms with Crippen molar-refractivity contribution in [2.24, 2.45) is 5.73 Å². The van der Waals surface area contributed by atoms with Crippen molar-refractivity contribution in [1.82, 2.24) is 20.1 Å². The minimum Gasteiger partial charge on any atom is -0.349 e. The van der Waals surface area contributed by atoms with Gasteiger partial charge in [0.25, 0.3) is 5.91 Å². The van der Waals surface area contributed by atoms with E-state index in [1.54, 1.807) is 17.1 Å². The number of hydrogen-bond donors (Lipinski definition) is 2. The van der Waals surface area contributed by atoms with Crippen LogP contribution in [-0.2, 0) is 6.42 Å². The van der Waals surface area contributed by atoms with Crippen LogP contribution in [0.2, 0.25) is 0 Å². The second kappa shape index (κ2) is 6.91. The van der Waals surface area contributed by atoms with E-state index >= 15 is 0 Å². The van der Waals surface area contributed by atoms with Crippen LogP contribution >= 0.6 is 0 Å². The largest absolute Gasteiger partial charge is 0.349 e. The van der Waals surface area contributed by atoms with Crippen LogP contribution in [0.15, 0.2) is 30.6 Å². The van der Waals surface area contributed by atoms with E-state index in [1.165, 1.54) is 0 Å². The first-order chi connectivity index (χ1) is 11.2. The average molecular weight is 313 g/mol. The molecule has 6 nitrogen and oxygen atoms in total. The van der Waals surface area contributed by atoms with Gasteiger partial charge in [-0.3, -0.25) is 4.79 Å². The number of hydrogen-bond acceptors (Lipinski definition) is 4. The maximum Gasteiger partial charge on any atom is 0.254 e. The third-order valence-corrected chi connectivity index (χ3v) is 4.42. The second-order valence-corrected chi connectivity index (χ2v) is 6.04. The first kappa shape index (κ1) is 15.7. The number of carbonyl (C=O) groups is 1. The fourth-order valence-corrected chi connectivity index (χ4v) is 3.11. The molecule has 1 saturated carbocycles. The smallest absolute Gasteiger partial charge is 0.254 e. The summed E-state index contributed by atoms with van der Waals surface area (Å²) in [7, 11) is 0. The third-order valence-electron chi connectivity index (χ3n) is 4.42. The molecule has 2 heterocycles. The number of nitrogens with zero attached hydrogens (tertiary/aromatic N) is 3. The molecule has 3 N–H and O–H groups in total. The summed E-state index contributed by atoms with van der Waals surface area (Å²) >= 11 is 0. The van der Waals surface area contributed by atoms with Gasteiger partial charge in [-0.15, -0.1) is 0 Å². The summed E-state index contributed by atoms with van der Waals surface area (Å²) in [6.07, 6.45) is 7.91. The van der Waals surface area contributed by atoms with Gasteiger partial charge in [0.05, 0.1) is 17.5 Å². The highest BCUT2D eigenvalue weighted by atomic mass is 16.1. The molecule has 3 rings (SSSR count). The highest BCUT2D eigenvalue weighted by molar-refractivity contribution is 5.95. The molecule has 1 aliphatic carbocycles. The van der Waals surface area contributed by atoms with Gasteiger partial charge in [0.1, 0.15) is 0 Å². The highest BCUT2D eigenvalue weighted by Gasteiger charge is 2.23. The molecule has 2 aromatic rings. The molecule has 1 fully saturated rings. The first-order valence-corrected chi connectivity index (χ1v) is 8.23. The van der Waals surface area contributed by atoms with Crippen LogP contribution < -0.4 is 11.1 Å². The maximum absolute atomic E-state index is 12.6. The predicted molar refractivity (Wildman–Crippen MR) is 88.4 cm³/mol. The lowest BCUT2D eigenvalue weighted by Gasteiger charge is -2.26. The van der Waals surface area contributed by atoms with E-state index in [2.05, 4.69) is 15.4 Å². The highest BCUT2D eigenvalue weighted by Crippen LogP contribution is 2.19. The van der Waals surface area contributed by atoms with Gasteiger partial charge in [-0.05, 0) is 44.2 Å². The predicted octanol–water partition coefficient (Wildman–Crippen LogP) is 1.83. The third kappa shape index (κ3) is 3.42. The zero-order valence-electron chi connectivity index (χ0n) is 13.4. The Hall–Kier alpha value is -2.21. The maximum atomic E-state index is 12.6. The Labute approximate surface area is 136 Å². The molecule has 122 valence electrons. The standard InChI is InChI=1S/C17H23N5O/c1-2-15-14(11-20-22(15)16-5-3-4-10-19-16)17(23)21-13-8-6-12(18)7-9-13/h3-5,10-13H,2,6-9,18H2,1H3,(H,21,23). The van der Waals surface area contributed by atoms with Crippen molar-refractivity contribution in [3.63, 3.8) is 0 Å². The van der Waals surface area contributed by atoms with E-state index in [1.807, 2.05) is 25.1 Å². The minimum atomic E-state index is -0.0514. The summed E-state index contributed by atoms with van der Waals surface area (Å²) in [5.41, 5.74) is 7.43. The SMILES string of the molecule is CCc1c(C(=O)NC2CCC(N)CC2)cnn1-c1ccccn1. The van der Waals surface area contributed by atoms with Gasteiger partial charge < -0.3 is 11.1 Å². The van der Waals surface area contributed by atoms with Gasteiger partial charge in [0.2, 0.25) is 0 Å². The quantitative estimate of drug-likeness (QED) is 0.901. The van der Waals surface area contributed by atoms with Crippen LogP contribution in [0.1, 0.15) is 48.7 Å². The van der Waals surface area contributed by atoms with E-state index in [4.69, 9.17) is 5.73 Å². The zero-order valence-corrected chi connectivity index (χ0v) is 13.4. The number of aromatic nitrogens is 3. The fraction of sp³-hybridized carbons (Fsp3) is 0.471. The van der Waals surface area contributed by atoms with E-state index in [0.29, 0.717) is 5.56 Å². The molecule has 6 heteroatoms. The van der Waals surface area contributed by atoms with Gasteiger partial charge in [-0.25, -0.2) is 9.67 Å². The summed E-state index contributed by atoms with van der Waals surface area (Å²) in [5.74, 6) is 0.677. The van der Waals surface area contributed by atoms with Crippen LogP contribution in [0.5, 0.6) is 0 Å². The van der Waals surface area contributed by atoms with Crippen LogP contribution in [0.3, 0.4) is 0 Å². The molecule has 0 saturated heterocycles. The Kier molecular flexibility index (Phi) is 4.71. The van der Waals surface area contributed by atoms with E-state index in [-0.39, 0.29) is 18.0 Å². The summed E-state index contributed by atoms with van der Waals surface area (Å²) in [6.45, 7) is 2.02. The van der Waals surface area contributed by atoms with Gasteiger partial charge >= 0.3 is 0 Å². The Morgan fingerprint density at radius 2 is 2.13 bits per heavy atom. The summed E-state index contributed by atoms with van der Waals surface area (Å²) < 4.78 is 1.74. The van der Waals surface area contributed by atoms with Gasteiger partial charge in [0.15, 0.2) is 5.82 Å². The lowest BCUT2D eigenvalue weighted by molar-refractivity contribution is 0.0925. The van der Waals surface area contributed by atoms with Crippen LogP contribution in [0.4, 0.5) is 0 Å². The monoisotopic (exact) mass is 313 g/mol. The summed E-state index contributed by atoms with van der Waals surface area (Å²) in [4.78, 5) is 16.9. The number of nitrogens with one attached hydrogen (secondary N) is 1. The van der Waals surface area contributed by atoms with Crippen LogP contribution in [-0.4, -0.2) is 32.8 Å². The molecule has 0 spiro atoms. The number of rotatable bonds is 4. The van der Waals surface area contributed by atoms with Crippen molar-refractivity contribution in [3.8, 4) is 5.82 Å². The molecule has 1 amide bonds. The van der Waals surface area contributed by atoms with Crippen molar-refractivity contribution < 1.29 is 4.79 Å². The molecule has 1 aliphatic rings. The van der Waals surface area contributed by atoms with Gasteiger partial charge in [-0.1, -0.05) is 13.0 Å². The lowest BCUT2D eigenvalue weighted by atomic mass is 9.91. The molecule has 0 aliphatic heterocycles. The molecule has 0 unspecified atom stereocenters. The first-order valence-electron chi connectivity index (χ1n) is 8.23. The van der Waals surface area contributed by atoms with Crippen LogP contribution in [0, 0.1) is 0 Å². The number of nitrogens with two attached hydrogens (primary N) is 1. The Balaban J connectivity index is 1.77. The molecule has 0 bridgehead atoms. The Morgan fingerprint density at radius 3 is 2.78 bits per heavy atom. The molecule has 0 aromatic carbocycles. The van der Waals surface area contributed by atoms with Gasteiger partial charge in [-0.2, -0.15) is 5.10 Å². The number of pyridine rings is 1. The van der Waals surface area contributed by atoms with Crippen molar-refractivity contribution in [2.45, 2.75) is 51.1 Å². The molecule has 2 aromatic heterocycles.